The highest BCUT2D eigenvalue weighted by Crippen LogP contribution is 2.13. The van der Waals surface area contributed by atoms with Gasteiger partial charge in [0, 0.05) is 12.4 Å². The summed E-state index contributed by atoms with van der Waals surface area (Å²) in [5.41, 5.74) is 0.465. The lowest BCUT2D eigenvalue weighted by Crippen LogP contribution is -2.27. The molecule has 3 aromatic rings. The van der Waals surface area contributed by atoms with E-state index in [4.69, 9.17) is 0 Å². The van der Waals surface area contributed by atoms with E-state index in [0.717, 1.165) is 4.68 Å². The van der Waals surface area contributed by atoms with E-state index in [1.165, 1.54) is 29.1 Å². The molecule has 0 aliphatic carbocycles. The molecule has 0 saturated heterocycles. The number of thiophene rings is 1. The minimum absolute atomic E-state index is 0.0661. The van der Waals surface area contributed by atoms with E-state index >= 15 is 0 Å². The second-order valence-corrected chi connectivity index (χ2v) is 4.53. The van der Waals surface area contributed by atoms with Crippen LogP contribution in [0.2, 0.25) is 0 Å². The highest BCUT2D eigenvalue weighted by atomic mass is 32.1. The highest BCUT2D eigenvalue weighted by Gasteiger charge is 2.17. The van der Waals surface area contributed by atoms with E-state index in [2.05, 4.69) is 20.6 Å². The van der Waals surface area contributed by atoms with Crippen LogP contribution in [0.5, 0.6) is 0 Å². The van der Waals surface area contributed by atoms with Gasteiger partial charge in [-0.25, -0.2) is 14.2 Å². The molecule has 0 radical (unpaired) electrons. The van der Waals surface area contributed by atoms with Crippen LogP contribution in [0.15, 0.2) is 27.9 Å². The Hall–Kier alpha value is -2.55. The molecule has 0 fully saturated rings. The maximum Gasteiger partial charge on any atom is 0.352 e. The summed E-state index contributed by atoms with van der Waals surface area (Å²) < 4.78 is 2.24. The van der Waals surface area contributed by atoms with Crippen molar-refractivity contribution in [1.82, 2.24) is 24.4 Å². The number of anilines is 1. The molecule has 0 bridgehead atoms. The number of amides is 1. The summed E-state index contributed by atoms with van der Waals surface area (Å²) in [5.74, 6) is -0.427. The van der Waals surface area contributed by atoms with Gasteiger partial charge >= 0.3 is 5.69 Å². The largest absolute Gasteiger partial charge is 0.352 e. The molecule has 0 aliphatic rings. The van der Waals surface area contributed by atoms with E-state index in [9.17, 15) is 9.59 Å². The summed E-state index contributed by atoms with van der Waals surface area (Å²) in [6.07, 6.45) is 1.26. The van der Waals surface area contributed by atoms with Crippen molar-refractivity contribution in [3.05, 3.63) is 39.3 Å². The molecule has 9 heteroatoms. The highest BCUT2D eigenvalue weighted by molar-refractivity contribution is 7.08. The Bertz CT molecular complexity index is 803. The van der Waals surface area contributed by atoms with Crippen LogP contribution in [0, 0.1) is 0 Å². The fourth-order valence-corrected chi connectivity index (χ4v) is 2.16. The summed E-state index contributed by atoms with van der Waals surface area (Å²) in [6.45, 7) is 0. The maximum atomic E-state index is 12.0. The molecule has 0 aliphatic heterocycles. The molecule has 0 saturated carbocycles. The van der Waals surface area contributed by atoms with Gasteiger partial charge in [-0.3, -0.25) is 4.79 Å². The van der Waals surface area contributed by atoms with Gasteiger partial charge < -0.3 is 5.32 Å². The molecule has 1 N–H and O–H groups in total. The first-order valence-electron chi connectivity index (χ1n) is 5.27. The van der Waals surface area contributed by atoms with Gasteiger partial charge in [-0.2, -0.15) is 16.0 Å². The summed E-state index contributed by atoms with van der Waals surface area (Å²) in [5, 5.41) is 13.7. The first-order chi connectivity index (χ1) is 9.16. The minimum Gasteiger partial charge on any atom is -0.320 e. The molecule has 0 unspecified atom stereocenters. The fraction of sp³-hybridized carbons (Fsp3) is 0.100. The van der Waals surface area contributed by atoms with Gasteiger partial charge in [-0.05, 0) is 11.4 Å². The predicted molar refractivity (Wildman–Crippen MR) is 68.3 cm³/mol. The van der Waals surface area contributed by atoms with Crippen molar-refractivity contribution in [2.75, 3.05) is 5.32 Å². The number of aryl methyl sites for hydroxylation is 1. The monoisotopic (exact) mass is 276 g/mol. The standard InChI is InChI=1S/C10H8N6O2S/c1-15-10(18)16-5-11-7(8(16)13-14-15)9(17)12-6-2-3-19-4-6/h2-5H,1H3,(H,12,17). The zero-order valence-electron chi connectivity index (χ0n) is 9.77. The Kier molecular flexibility index (Phi) is 2.60. The van der Waals surface area contributed by atoms with Crippen LogP contribution in [0.25, 0.3) is 5.65 Å². The first-order valence-corrected chi connectivity index (χ1v) is 6.21. The minimum atomic E-state index is -0.427. The van der Waals surface area contributed by atoms with Crippen molar-refractivity contribution < 1.29 is 4.79 Å². The quantitative estimate of drug-likeness (QED) is 0.718. The smallest absolute Gasteiger partial charge is 0.320 e. The maximum absolute atomic E-state index is 12.0. The topological polar surface area (TPSA) is 94.2 Å². The second kappa shape index (κ2) is 4.28. The Morgan fingerprint density at radius 2 is 2.32 bits per heavy atom. The van der Waals surface area contributed by atoms with Gasteiger partial charge in [0.25, 0.3) is 5.91 Å². The van der Waals surface area contributed by atoms with Gasteiger partial charge in [-0.1, -0.05) is 5.21 Å². The molecular weight excluding hydrogens is 268 g/mol. The van der Waals surface area contributed by atoms with Crippen LogP contribution in [-0.2, 0) is 7.05 Å². The summed E-state index contributed by atoms with van der Waals surface area (Å²) >= 11 is 1.47. The number of hydrogen-bond donors (Lipinski definition) is 1. The third-order valence-corrected chi connectivity index (χ3v) is 3.18. The molecule has 0 aromatic carbocycles. The van der Waals surface area contributed by atoms with Crippen LogP contribution in [0.4, 0.5) is 5.69 Å². The number of carbonyl (C=O) groups is 1. The molecule has 1 amide bonds. The molecule has 0 spiro atoms. The van der Waals surface area contributed by atoms with Gasteiger partial charge in [0.1, 0.15) is 6.33 Å². The first kappa shape index (κ1) is 11.5. The van der Waals surface area contributed by atoms with E-state index in [1.807, 2.05) is 5.38 Å². The van der Waals surface area contributed by atoms with Gasteiger partial charge in [0.2, 0.25) is 0 Å². The molecule has 8 nitrogen and oxygen atoms in total. The molecule has 3 rings (SSSR count). The number of fused-ring (bicyclic) bond motifs is 1. The van der Waals surface area contributed by atoms with E-state index in [1.54, 1.807) is 11.4 Å². The molecule has 0 atom stereocenters. The van der Waals surface area contributed by atoms with Crippen LogP contribution >= 0.6 is 11.3 Å². The van der Waals surface area contributed by atoms with Gasteiger partial charge in [0.05, 0.1) is 5.69 Å². The number of nitrogens with one attached hydrogen (secondary N) is 1. The lowest BCUT2D eigenvalue weighted by Gasteiger charge is -2.00. The third-order valence-electron chi connectivity index (χ3n) is 2.49. The van der Waals surface area contributed by atoms with Gasteiger partial charge in [0.15, 0.2) is 11.3 Å². The third kappa shape index (κ3) is 1.89. The Labute approximate surface area is 110 Å². The number of aromatic nitrogens is 5. The lowest BCUT2D eigenvalue weighted by atomic mass is 10.4. The van der Waals surface area contributed by atoms with Crippen molar-refractivity contribution in [2.24, 2.45) is 7.05 Å². The summed E-state index contributed by atoms with van der Waals surface area (Å²) in [7, 11) is 1.47. The zero-order chi connectivity index (χ0) is 13.4. The second-order valence-electron chi connectivity index (χ2n) is 3.75. The predicted octanol–water partition coefficient (Wildman–Crippen LogP) is 0.137. The fourth-order valence-electron chi connectivity index (χ4n) is 1.57. The number of nitrogens with zero attached hydrogens (tertiary/aromatic N) is 5. The number of rotatable bonds is 2. The Morgan fingerprint density at radius 3 is 3.05 bits per heavy atom. The van der Waals surface area contributed by atoms with E-state index in [-0.39, 0.29) is 11.3 Å². The number of carbonyl (C=O) groups excluding carboxylic acids is 1. The van der Waals surface area contributed by atoms with Crippen LogP contribution in [0.3, 0.4) is 0 Å². The summed E-state index contributed by atoms with van der Waals surface area (Å²) in [4.78, 5) is 27.7. The molecule has 3 heterocycles. The van der Waals surface area contributed by atoms with Crippen molar-refractivity contribution in [1.29, 1.82) is 0 Å². The number of imidazole rings is 1. The van der Waals surface area contributed by atoms with Crippen molar-refractivity contribution >= 4 is 28.6 Å². The van der Waals surface area contributed by atoms with Gasteiger partial charge in [-0.15, -0.1) is 5.10 Å². The Morgan fingerprint density at radius 1 is 1.47 bits per heavy atom. The summed E-state index contributed by atoms with van der Waals surface area (Å²) in [6, 6.07) is 1.77. The molecular formula is C10H8N6O2S. The zero-order valence-corrected chi connectivity index (χ0v) is 10.6. The Balaban J connectivity index is 2.04. The van der Waals surface area contributed by atoms with Crippen LogP contribution < -0.4 is 11.0 Å². The average Bonchev–Trinajstić information content (AvgIpc) is 3.02. The van der Waals surface area contributed by atoms with Crippen molar-refractivity contribution in [2.45, 2.75) is 0 Å². The molecule has 19 heavy (non-hydrogen) atoms. The van der Waals surface area contributed by atoms with Crippen molar-refractivity contribution in [3.8, 4) is 0 Å². The molecule has 3 aromatic heterocycles. The number of hydrogen-bond acceptors (Lipinski definition) is 6. The van der Waals surface area contributed by atoms with E-state index < -0.39 is 11.6 Å². The van der Waals surface area contributed by atoms with Crippen LogP contribution in [-0.4, -0.2) is 30.3 Å². The average molecular weight is 276 g/mol. The molecule has 96 valence electrons. The van der Waals surface area contributed by atoms with Crippen molar-refractivity contribution in [3.63, 3.8) is 0 Å². The van der Waals surface area contributed by atoms with E-state index in [0.29, 0.717) is 5.69 Å². The van der Waals surface area contributed by atoms with Crippen LogP contribution in [0.1, 0.15) is 10.5 Å². The SMILES string of the molecule is Cn1nnc2c(C(=O)Nc3ccsc3)ncn2c1=O. The normalized spacial score (nSPS) is 10.8. The lowest BCUT2D eigenvalue weighted by molar-refractivity contribution is 0.102.